The number of aromatic hydroxyl groups is 1. The number of phenols is 1. The molecule has 0 aliphatic heterocycles. The van der Waals surface area contributed by atoms with Gasteiger partial charge in [0.05, 0.1) is 6.10 Å². The van der Waals surface area contributed by atoms with Crippen molar-refractivity contribution in [3.05, 3.63) is 28.8 Å². The van der Waals surface area contributed by atoms with Crippen LogP contribution in [0.2, 0.25) is 0 Å². The molecule has 0 aromatic heterocycles. The first kappa shape index (κ1) is 32.8. The normalized spacial score (nSPS) is 30.5. The zero-order valence-corrected chi connectivity index (χ0v) is 25.3. The molecule has 41 heavy (non-hydrogen) atoms. The number of hydrogen-bond donors (Lipinski definition) is 2. The number of unbranched alkanes of at least 4 members (excludes halogenated alkanes) is 6. The summed E-state index contributed by atoms with van der Waals surface area (Å²) in [6.07, 6.45) is 4.57. The van der Waals surface area contributed by atoms with Crippen LogP contribution in [-0.4, -0.2) is 38.7 Å². The molecule has 0 amide bonds. The Morgan fingerprint density at radius 1 is 0.927 bits per heavy atom. The highest BCUT2D eigenvalue weighted by atomic mass is 32.2. The Bertz CT molecular complexity index is 1030. The lowest BCUT2D eigenvalue weighted by Crippen LogP contribution is -2.57. The van der Waals surface area contributed by atoms with E-state index in [4.69, 9.17) is 0 Å². The summed E-state index contributed by atoms with van der Waals surface area (Å²) in [4.78, 5) is 0. The molecular weight excluding hydrogens is 559 g/mol. The van der Waals surface area contributed by atoms with E-state index in [1.165, 1.54) is 25.7 Å². The second kappa shape index (κ2) is 12.9. The van der Waals surface area contributed by atoms with Crippen molar-refractivity contribution >= 4 is 11.2 Å². The van der Waals surface area contributed by atoms with Gasteiger partial charge in [-0.2, -0.15) is 22.0 Å². The van der Waals surface area contributed by atoms with E-state index in [1.807, 2.05) is 6.07 Å². The van der Waals surface area contributed by atoms with Gasteiger partial charge in [0.15, 0.2) is 4.75 Å². The molecule has 0 saturated heterocycles. The van der Waals surface area contributed by atoms with Gasteiger partial charge < -0.3 is 14.8 Å². The van der Waals surface area contributed by atoms with E-state index in [-0.39, 0.29) is 28.8 Å². The van der Waals surface area contributed by atoms with Gasteiger partial charge in [0.1, 0.15) is 11.5 Å². The van der Waals surface area contributed by atoms with Crippen molar-refractivity contribution in [1.29, 1.82) is 0 Å². The predicted octanol–water partition coefficient (Wildman–Crippen LogP) is 8.74. The Morgan fingerprint density at radius 3 is 2.29 bits per heavy atom. The fourth-order valence-corrected chi connectivity index (χ4v) is 10.4. The zero-order valence-electron chi connectivity index (χ0n) is 24.5. The van der Waals surface area contributed by atoms with Crippen LogP contribution < -0.4 is 0 Å². The predicted molar refractivity (Wildman–Crippen MR) is 153 cm³/mol. The maximum atomic E-state index is 14.3. The first-order valence-corrected chi connectivity index (χ1v) is 17.0. The van der Waals surface area contributed by atoms with Crippen LogP contribution in [0.25, 0.3) is 0 Å². The van der Waals surface area contributed by atoms with Gasteiger partial charge >= 0.3 is 12.1 Å². The first-order chi connectivity index (χ1) is 19.3. The van der Waals surface area contributed by atoms with Crippen molar-refractivity contribution in [1.82, 2.24) is 0 Å². The van der Waals surface area contributed by atoms with Crippen molar-refractivity contribution in [2.45, 2.75) is 140 Å². The topological polar surface area (TPSA) is 63.5 Å². The number of phenolic OH excluding ortho intramolecular Hbond substituents is 1. The molecule has 3 aliphatic rings. The van der Waals surface area contributed by atoms with Crippen LogP contribution in [0.1, 0.15) is 120 Å². The molecule has 0 spiro atoms. The van der Waals surface area contributed by atoms with Gasteiger partial charge in [0.2, 0.25) is 0 Å². The van der Waals surface area contributed by atoms with E-state index in [1.54, 1.807) is 6.07 Å². The molecule has 234 valence electrons. The van der Waals surface area contributed by atoms with Crippen LogP contribution in [0.4, 0.5) is 22.0 Å². The zero-order chi connectivity index (χ0) is 30.1. The summed E-state index contributed by atoms with van der Waals surface area (Å²) >= 11 is -1.70. The monoisotopic (exact) mass is 606 g/mol. The number of aliphatic hydroxyl groups excluding tert-OH is 1. The van der Waals surface area contributed by atoms with Crippen molar-refractivity contribution in [3.63, 3.8) is 0 Å². The maximum Gasteiger partial charge on any atom is 0.453 e. The molecular formula is C32H47F5O3S. The summed E-state index contributed by atoms with van der Waals surface area (Å²) in [7, 11) is 0. The third-order valence-corrected chi connectivity index (χ3v) is 12.9. The average Bonchev–Trinajstić information content (AvgIpc) is 3.21. The lowest BCUT2D eigenvalue weighted by Gasteiger charge is -2.56. The first-order valence-electron chi connectivity index (χ1n) is 15.6. The number of halogens is 5. The Labute approximate surface area is 244 Å². The minimum atomic E-state index is -5.62. The summed E-state index contributed by atoms with van der Waals surface area (Å²) in [6, 6.07) is 3.75. The van der Waals surface area contributed by atoms with Gasteiger partial charge in [-0.05, 0) is 97.1 Å². The van der Waals surface area contributed by atoms with E-state index in [0.717, 1.165) is 42.4 Å². The van der Waals surface area contributed by atoms with Gasteiger partial charge in [-0.3, -0.25) is 0 Å². The number of aliphatic hydroxyl groups is 1. The van der Waals surface area contributed by atoms with Gasteiger partial charge in [-0.1, -0.05) is 52.4 Å². The minimum Gasteiger partial charge on any atom is -0.616 e. The lowest BCUT2D eigenvalue weighted by molar-refractivity contribution is -0.284. The molecule has 0 bridgehead atoms. The molecule has 2 N–H and O–H groups in total. The molecule has 2 fully saturated rings. The molecule has 0 heterocycles. The average molecular weight is 607 g/mol. The molecule has 1 aromatic carbocycles. The highest BCUT2D eigenvalue weighted by Gasteiger charge is 2.65. The fraction of sp³-hybridized carbons (Fsp3) is 0.812. The number of rotatable bonds is 13. The quantitative estimate of drug-likeness (QED) is 0.134. The van der Waals surface area contributed by atoms with E-state index in [0.29, 0.717) is 38.5 Å². The number of hydrogen-bond acceptors (Lipinski definition) is 3. The van der Waals surface area contributed by atoms with Crippen LogP contribution in [0.15, 0.2) is 12.1 Å². The third-order valence-electron chi connectivity index (χ3n) is 10.7. The van der Waals surface area contributed by atoms with Crippen LogP contribution in [-0.2, 0) is 28.8 Å². The van der Waals surface area contributed by atoms with Gasteiger partial charge in [0, 0.05) is 24.3 Å². The SMILES string of the molecule is CCCCCCCCCc1cc2c(cc1O)CC[C@H]1[C@@H]3CC[C@H](O)[C@@]3(C)CCC21[S+]([O-])CCCC(F)(F)C(F)(F)F. The lowest BCUT2D eigenvalue weighted by atomic mass is 9.54. The maximum absolute atomic E-state index is 14.3. The van der Waals surface area contributed by atoms with E-state index < -0.39 is 47.0 Å². The van der Waals surface area contributed by atoms with E-state index >= 15 is 0 Å². The Balaban J connectivity index is 1.60. The minimum absolute atomic E-state index is 0.0641. The number of fused-ring (bicyclic) bond motifs is 5. The molecule has 2 unspecified atom stereocenters. The molecule has 0 radical (unpaired) electrons. The van der Waals surface area contributed by atoms with Gasteiger partial charge in [-0.25, -0.2) is 0 Å². The highest BCUT2D eigenvalue weighted by molar-refractivity contribution is 7.92. The second-order valence-corrected chi connectivity index (χ2v) is 14.9. The molecule has 9 heteroatoms. The van der Waals surface area contributed by atoms with Crippen LogP contribution in [0, 0.1) is 17.3 Å². The Hall–Kier alpha value is -1.06. The number of benzene rings is 1. The van der Waals surface area contributed by atoms with Crippen molar-refractivity contribution in [2.24, 2.45) is 17.3 Å². The van der Waals surface area contributed by atoms with Crippen LogP contribution in [0.5, 0.6) is 5.75 Å². The molecule has 6 atom stereocenters. The van der Waals surface area contributed by atoms with E-state index in [2.05, 4.69) is 13.8 Å². The molecule has 3 nitrogen and oxygen atoms in total. The van der Waals surface area contributed by atoms with Crippen LogP contribution in [0.3, 0.4) is 0 Å². The highest BCUT2D eigenvalue weighted by Crippen LogP contribution is 2.65. The second-order valence-electron chi connectivity index (χ2n) is 13.1. The Kier molecular flexibility index (Phi) is 10.3. The summed E-state index contributed by atoms with van der Waals surface area (Å²) in [5.74, 6) is -4.79. The molecule has 3 aliphatic carbocycles. The summed E-state index contributed by atoms with van der Waals surface area (Å²) < 4.78 is 79.3. The standard InChI is InChI=1S/C32H47F5O3S/c1-3-4-5-6-7-8-9-11-23-20-26-22(21-27(23)38)12-13-25-24-14-15-28(39)29(24,2)17-18-30(25,26)41(40)19-10-16-31(33,34)32(35,36)37/h20-21,24-25,28,38-39H,3-19H2,1-2H3/t24-,25-,28-,29-,30?,41?/m0/s1. The van der Waals surface area contributed by atoms with Gasteiger partial charge in [-0.15, -0.1) is 0 Å². The Morgan fingerprint density at radius 2 is 1.61 bits per heavy atom. The number of alkyl halides is 5. The van der Waals surface area contributed by atoms with Crippen molar-refractivity contribution in [3.8, 4) is 5.75 Å². The smallest absolute Gasteiger partial charge is 0.453 e. The van der Waals surface area contributed by atoms with Gasteiger partial charge in [0.25, 0.3) is 0 Å². The summed E-state index contributed by atoms with van der Waals surface area (Å²) in [5.41, 5.74) is 2.25. The molecule has 4 rings (SSSR count). The van der Waals surface area contributed by atoms with E-state index in [9.17, 15) is 36.7 Å². The van der Waals surface area contributed by atoms with Crippen LogP contribution >= 0.6 is 0 Å². The molecule has 2 saturated carbocycles. The molecule has 1 aromatic rings. The van der Waals surface area contributed by atoms with Crippen molar-refractivity contribution < 1.29 is 36.7 Å². The largest absolute Gasteiger partial charge is 0.616 e. The third kappa shape index (κ3) is 6.43. The van der Waals surface area contributed by atoms with Crippen molar-refractivity contribution in [2.75, 3.05) is 5.75 Å². The summed E-state index contributed by atoms with van der Waals surface area (Å²) in [6.45, 7) is 4.27. The summed E-state index contributed by atoms with van der Waals surface area (Å²) in [5, 5.41) is 21.8. The fourth-order valence-electron chi connectivity index (χ4n) is 8.21. The number of aryl methyl sites for hydroxylation is 2.